The van der Waals surface area contributed by atoms with Gasteiger partial charge >= 0.3 is 0 Å². The SMILES string of the molecule is CC(O)C(C)(CS(=O)(=O)O)C(C)O. The first-order valence-corrected chi connectivity index (χ1v) is 5.52. The predicted octanol–water partition coefficient (Wildman–Crippen LogP) is -0.358. The molecule has 0 aliphatic carbocycles. The van der Waals surface area contributed by atoms with Crippen LogP contribution in [-0.2, 0) is 10.1 Å². The fourth-order valence-electron chi connectivity index (χ4n) is 0.983. The third-order valence-corrected chi connectivity index (χ3v) is 3.39. The fraction of sp³-hybridized carbons (Fsp3) is 1.00. The second-order valence-electron chi connectivity index (χ2n) is 3.58. The molecule has 6 heteroatoms. The molecule has 5 nitrogen and oxygen atoms in total. The standard InChI is InChI=1S/C7H16O5S/c1-5(8)7(3,6(2)9)4-13(10,11)12/h5-6,8-9H,4H2,1-3H3,(H,10,11,12). The highest BCUT2D eigenvalue weighted by Gasteiger charge is 2.39. The molecule has 0 aromatic rings. The molecule has 0 spiro atoms. The predicted molar refractivity (Wildman–Crippen MR) is 47.9 cm³/mol. The van der Waals surface area contributed by atoms with Gasteiger partial charge < -0.3 is 10.2 Å². The molecule has 13 heavy (non-hydrogen) atoms. The highest BCUT2D eigenvalue weighted by atomic mass is 32.2. The van der Waals surface area contributed by atoms with E-state index in [2.05, 4.69) is 0 Å². The lowest BCUT2D eigenvalue weighted by atomic mass is 9.82. The summed E-state index contributed by atoms with van der Waals surface area (Å²) in [5.41, 5.74) is -1.24. The first kappa shape index (κ1) is 12.8. The van der Waals surface area contributed by atoms with Crippen LogP contribution in [0.5, 0.6) is 0 Å². The van der Waals surface area contributed by atoms with Crippen LogP contribution in [0.2, 0.25) is 0 Å². The van der Waals surface area contributed by atoms with Crippen molar-refractivity contribution in [2.75, 3.05) is 5.75 Å². The van der Waals surface area contributed by atoms with Gasteiger partial charge in [-0.2, -0.15) is 8.42 Å². The maximum atomic E-state index is 10.6. The van der Waals surface area contributed by atoms with Crippen LogP contribution in [0.4, 0.5) is 0 Å². The third-order valence-electron chi connectivity index (χ3n) is 2.40. The lowest BCUT2D eigenvalue weighted by molar-refractivity contribution is -0.0274. The van der Waals surface area contributed by atoms with E-state index in [9.17, 15) is 18.6 Å². The van der Waals surface area contributed by atoms with Crippen molar-refractivity contribution in [3.05, 3.63) is 0 Å². The van der Waals surface area contributed by atoms with Gasteiger partial charge in [-0.15, -0.1) is 0 Å². The molecule has 0 saturated carbocycles. The molecule has 0 aromatic carbocycles. The Labute approximate surface area is 78.1 Å². The quantitative estimate of drug-likeness (QED) is 0.553. The van der Waals surface area contributed by atoms with Gasteiger partial charge in [0.1, 0.15) is 0 Å². The van der Waals surface area contributed by atoms with Crippen LogP contribution in [0.3, 0.4) is 0 Å². The number of rotatable bonds is 4. The van der Waals surface area contributed by atoms with E-state index in [-0.39, 0.29) is 0 Å². The maximum absolute atomic E-state index is 10.6. The Bertz CT molecular complexity index is 246. The minimum absolute atomic E-state index is 0.657. The van der Waals surface area contributed by atoms with Gasteiger partial charge in [-0.3, -0.25) is 4.55 Å². The Balaban J connectivity index is 4.83. The summed E-state index contributed by atoms with van der Waals surface area (Å²) in [6.07, 6.45) is -2.04. The number of hydrogen-bond donors (Lipinski definition) is 3. The first-order chi connectivity index (χ1) is 5.59. The topological polar surface area (TPSA) is 94.8 Å². The van der Waals surface area contributed by atoms with Crippen molar-refractivity contribution >= 4 is 10.1 Å². The number of aliphatic hydroxyl groups is 2. The third kappa shape index (κ3) is 3.60. The molecule has 0 amide bonds. The van der Waals surface area contributed by atoms with Gasteiger partial charge in [0.05, 0.1) is 18.0 Å². The van der Waals surface area contributed by atoms with Gasteiger partial charge in [0.2, 0.25) is 0 Å². The molecule has 0 radical (unpaired) electrons. The average Bonchev–Trinajstić information content (AvgIpc) is 1.82. The lowest BCUT2D eigenvalue weighted by Gasteiger charge is -2.34. The molecule has 0 rings (SSSR count). The molecular weight excluding hydrogens is 196 g/mol. The minimum atomic E-state index is -4.19. The Morgan fingerprint density at radius 1 is 1.23 bits per heavy atom. The van der Waals surface area contributed by atoms with Crippen molar-refractivity contribution in [3.63, 3.8) is 0 Å². The molecule has 0 fully saturated rings. The molecule has 2 atom stereocenters. The fourth-order valence-corrected chi connectivity index (χ4v) is 2.25. The van der Waals surface area contributed by atoms with Gasteiger partial charge in [0.15, 0.2) is 0 Å². The molecule has 0 aliphatic rings. The summed E-state index contributed by atoms with van der Waals surface area (Å²) in [4.78, 5) is 0. The summed E-state index contributed by atoms with van der Waals surface area (Å²) < 4.78 is 29.8. The van der Waals surface area contributed by atoms with Crippen LogP contribution < -0.4 is 0 Å². The highest BCUT2D eigenvalue weighted by Crippen LogP contribution is 2.27. The molecule has 0 heterocycles. The Morgan fingerprint density at radius 2 is 1.54 bits per heavy atom. The van der Waals surface area contributed by atoms with Gasteiger partial charge in [0, 0.05) is 5.41 Å². The van der Waals surface area contributed by atoms with E-state index in [0.29, 0.717) is 0 Å². The second-order valence-corrected chi connectivity index (χ2v) is 5.04. The van der Waals surface area contributed by atoms with E-state index < -0.39 is 33.5 Å². The molecule has 2 unspecified atom stereocenters. The minimum Gasteiger partial charge on any atom is -0.393 e. The zero-order chi connectivity index (χ0) is 10.9. The number of hydrogen-bond acceptors (Lipinski definition) is 4. The summed E-state index contributed by atoms with van der Waals surface area (Å²) in [6.45, 7) is 4.14. The summed E-state index contributed by atoms with van der Waals surface area (Å²) in [7, 11) is -4.19. The van der Waals surface area contributed by atoms with Crippen LogP contribution in [0.1, 0.15) is 20.8 Å². The van der Waals surface area contributed by atoms with E-state index in [1.54, 1.807) is 0 Å². The van der Waals surface area contributed by atoms with Crippen LogP contribution >= 0.6 is 0 Å². The second kappa shape index (κ2) is 3.91. The van der Waals surface area contributed by atoms with Crippen LogP contribution in [0.25, 0.3) is 0 Å². The molecule has 0 aromatic heterocycles. The first-order valence-electron chi connectivity index (χ1n) is 3.91. The zero-order valence-corrected chi connectivity index (χ0v) is 8.74. The van der Waals surface area contributed by atoms with Crippen molar-refractivity contribution in [1.82, 2.24) is 0 Å². The average molecular weight is 212 g/mol. The molecule has 0 bridgehead atoms. The zero-order valence-electron chi connectivity index (χ0n) is 7.93. The molecule has 80 valence electrons. The van der Waals surface area contributed by atoms with E-state index in [4.69, 9.17) is 4.55 Å². The van der Waals surface area contributed by atoms with Crippen molar-refractivity contribution < 1.29 is 23.2 Å². The normalized spacial score (nSPS) is 22.0. The maximum Gasteiger partial charge on any atom is 0.265 e. The van der Waals surface area contributed by atoms with E-state index >= 15 is 0 Å². The Kier molecular flexibility index (Phi) is 3.86. The van der Waals surface area contributed by atoms with Crippen molar-refractivity contribution in [3.8, 4) is 0 Å². The lowest BCUT2D eigenvalue weighted by Crippen LogP contribution is -2.45. The summed E-state index contributed by atoms with van der Waals surface area (Å²) in [5, 5.41) is 18.5. The van der Waals surface area contributed by atoms with E-state index in [0.717, 1.165) is 0 Å². The van der Waals surface area contributed by atoms with E-state index in [1.165, 1.54) is 20.8 Å². The van der Waals surface area contributed by atoms with Gasteiger partial charge in [-0.25, -0.2) is 0 Å². The molecule has 3 N–H and O–H groups in total. The Morgan fingerprint density at radius 3 is 1.62 bits per heavy atom. The molecule has 0 saturated heterocycles. The van der Waals surface area contributed by atoms with Crippen molar-refractivity contribution in [2.45, 2.75) is 33.0 Å². The summed E-state index contributed by atoms with van der Waals surface area (Å²) in [5.74, 6) is -0.657. The van der Waals surface area contributed by atoms with Crippen LogP contribution in [0.15, 0.2) is 0 Å². The van der Waals surface area contributed by atoms with Gasteiger partial charge in [-0.05, 0) is 13.8 Å². The summed E-state index contributed by atoms with van der Waals surface area (Å²) >= 11 is 0. The smallest absolute Gasteiger partial charge is 0.265 e. The van der Waals surface area contributed by atoms with Gasteiger partial charge in [0.25, 0.3) is 10.1 Å². The Hall–Kier alpha value is -0.170. The summed E-state index contributed by atoms with van der Waals surface area (Å²) in [6, 6.07) is 0. The molecular formula is C7H16O5S. The van der Waals surface area contributed by atoms with E-state index in [1.807, 2.05) is 0 Å². The van der Waals surface area contributed by atoms with Crippen LogP contribution in [0, 0.1) is 5.41 Å². The van der Waals surface area contributed by atoms with Crippen molar-refractivity contribution in [1.29, 1.82) is 0 Å². The van der Waals surface area contributed by atoms with Crippen LogP contribution in [-0.4, -0.2) is 41.1 Å². The number of aliphatic hydroxyl groups excluding tert-OH is 2. The largest absolute Gasteiger partial charge is 0.393 e. The van der Waals surface area contributed by atoms with Crippen molar-refractivity contribution in [2.24, 2.45) is 5.41 Å². The monoisotopic (exact) mass is 212 g/mol. The molecule has 0 aliphatic heterocycles. The highest BCUT2D eigenvalue weighted by molar-refractivity contribution is 7.85. The van der Waals surface area contributed by atoms with Gasteiger partial charge in [-0.1, -0.05) is 6.92 Å².